The molecule has 0 aliphatic rings. The summed E-state index contributed by atoms with van der Waals surface area (Å²) in [6.45, 7) is 1.54. The molecular weight excluding hydrogens is 355 g/mol. The van der Waals surface area contributed by atoms with E-state index in [0.717, 1.165) is 0 Å². The molecule has 0 N–H and O–H groups in total. The van der Waals surface area contributed by atoms with Crippen molar-refractivity contribution in [2.24, 2.45) is 0 Å². The Morgan fingerprint density at radius 2 is 1.88 bits per heavy atom. The Bertz CT molecular complexity index is 493. The molecule has 0 spiro atoms. The number of ether oxygens (including phenoxy) is 1. The maximum atomic E-state index is 12.1. The van der Waals surface area contributed by atoms with Crippen LogP contribution in [0.2, 0.25) is 0 Å². The van der Waals surface area contributed by atoms with Crippen molar-refractivity contribution >= 4 is 38.4 Å². The minimum absolute atomic E-state index is 0.215. The molecule has 0 aromatic heterocycles. The zero-order chi connectivity index (χ0) is 13.1. The summed E-state index contributed by atoms with van der Waals surface area (Å²) in [7, 11) is -2.24. The Balaban J connectivity index is 3.00. The van der Waals surface area contributed by atoms with Gasteiger partial charge in [0, 0.05) is 0 Å². The normalized spacial score (nSPS) is 15.0. The standard InChI is InChI=1S/C11H13IO4S/c1-11(12,10(13)16-2)8-17(14,15)9-6-4-3-5-7-9/h3-7H,8H2,1-2H3. The molecule has 1 unspecified atom stereocenters. The van der Waals surface area contributed by atoms with Crippen LogP contribution >= 0.6 is 22.6 Å². The molecule has 0 bridgehead atoms. The van der Waals surface area contributed by atoms with Gasteiger partial charge in [0.15, 0.2) is 9.84 Å². The molecule has 6 heteroatoms. The topological polar surface area (TPSA) is 60.4 Å². The van der Waals surface area contributed by atoms with Crippen LogP contribution in [0.1, 0.15) is 6.92 Å². The Labute approximate surface area is 114 Å². The molecular formula is C11H13IO4S. The molecule has 0 heterocycles. The summed E-state index contributed by atoms with van der Waals surface area (Å²) in [5.74, 6) is -0.824. The van der Waals surface area contributed by atoms with Gasteiger partial charge in [-0.25, -0.2) is 8.42 Å². The van der Waals surface area contributed by atoms with Crippen molar-refractivity contribution in [3.63, 3.8) is 0 Å². The zero-order valence-corrected chi connectivity index (χ0v) is 12.5. The minimum atomic E-state index is -3.48. The summed E-state index contributed by atoms with van der Waals surface area (Å²) in [4.78, 5) is 11.7. The first-order chi connectivity index (χ1) is 7.79. The number of rotatable bonds is 4. The smallest absolute Gasteiger partial charge is 0.322 e. The van der Waals surface area contributed by atoms with Gasteiger partial charge in [0.05, 0.1) is 17.8 Å². The van der Waals surface area contributed by atoms with E-state index in [9.17, 15) is 13.2 Å². The van der Waals surface area contributed by atoms with Crippen molar-refractivity contribution in [3.05, 3.63) is 30.3 Å². The van der Waals surface area contributed by atoms with Gasteiger partial charge < -0.3 is 4.74 Å². The predicted octanol–water partition coefficient (Wildman–Crippen LogP) is 1.83. The van der Waals surface area contributed by atoms with Crippen molar-refractivity contribution in [2.45, 2.75) is 15.2 Å². The van der Waals surface area contributed by atoms with Crippen LogP contribution < -0.4 is 0 Å². The van der Waals surface area contributed by atoms with E-state index in [-0.39, 0.29) is 10.6 Å². The first-order valence-corrected chi connectivity index (χ1v) is 7.58. The van der Waals surface area contributed by atoms with Gasteiger partial charge in [0.25, 0.3) is 0 Å². The Hall–Kier alpha value is -0.630. The fourth-order valence-corrected chi connectivity index (χ4v) is 4.36. The molecule has 0 aliphatic carbocycles. The fourth-order valence-electron chi connectivity index (χ4n) is 1.34. The van der Waals surface area contributed by atoms with Crippen LogP contribution in [0.4, 0.5) is 0 Å². The number of benzene rings is 1. The first-order valence-electron chi connectivity index (χ1n) is 4.85. The maximum Gasteiger partial charge on any atom is 0.322 e. The van der Waals surface area contributed by atoms with Crippen molar-refractivity contribution in [1.82, 2.24) is 0 Å². The molecule has 4 nitrogen and oxygen atoms in total. The third-order valence-corrected chi connectivity index (χ3v) is 5.46. The average Bonchev–Trinajstić information content (AvgIpc) is 2.27. The molecule has 0 fully saturated rings. The predicted molar refractivity (Wildman–Crippen MR) is 72.9 cm³/mol. The van der Waals surface area contributed by atoms with Crippen LogP contribution in [0.15, 0.2) is 35.2 Å². The number of esters is 1. The van der Waals surface area contributed by atoms with Crippen molar-refractivity contribution in [1.29, 1.82) is 0 Å². The van der Waals surface area contributed by atoms with Gasteiger partial charge in [-0.2, -0.15) is 0 Å². The molecule has 1 atom stereocenters. The first kappa shape index (κ1) is 14.4. The molecule has 1 rings (SSSR count). The highest BCUT2D eigenvalue weighted by atomic mass is 127. The molecule has 0 saturated carbocycles. The van der Waals surface area contributed by atoms with Crippen LogP contribution in [-0.4, -0.2) is 30.7 Å². The van der Waals surface area contributed by atoms with Crippen molar-refractivity contribution < 1.29 is 17.9 Å². The van der Waals surface area contributed by atoms with E-state index < -0.39 is 19.2 Å². The van der Waals surface area contributed by atoms with Crippen LogP contribution in [-0.2, 0) is 19.4 Å². The second-order valence-corrected chi connectivity index (χ2v) is 8.13. The van der Waals surface area contributed by atoms with Crippen LogP contribution in [0, 0.1) is 0 Å². The Morgan fingerprint density at radius 3 is 2.35 bits per heavy atom. The summed E-state index contributed by atoms with van der Waals surface area (Å²) in [5, 5.41) is 0. The van der Waals surface area contributed by atoms with E-state index in [2.05, 4.69) is 4.74 Å². The van der Waals surface area contributed by atoms with Crippen molar-refractivity contribution in [2.75, 3.05) is 12.9 Å². The third kappa shape index (κ3) is 3.67. The van der Waals surface area contributed by atoms with E-state index in [1.807, 2.05) is 0 Å². The van der Waals surface area contributed by atoms with Crippen LogP contribution in [0.25, 0.3) is 0 Å². The number of sulfone groups is 1. The molecule has 1 aromatic rings. The lowest BCUT2D eigenvalue weighted by molar-refractivity contribution is -0.141. The molecule has 0 radical (unpaired) electrons. The number of carbonyl (C=O) groups excluding carboxylic acids is 1. The second kappa shape index (κ2) is 5.34. The number of halogens is 1. The van der Waals surface area contributed by atoms with Gasteiger partial charge in [-0.3, -0.25) is 4.79 Å². The average molecular weight is 368 g/mol. The van der Waals surface area contributed by atoms with E-state index in [1.54, 1.807) is 47.7 Å². The summed E-state index contributed by atoms with van der Waals surface area (Å²) < 4.78 is 27.6. The molecule has 1 aromatic carbocycles. The van der Waals surface area contributed by atoms with Crippen LogP contribution in [0.5, 0.6) is 0 Å². The van der Waals surface area contributed by atoms with Crippen LogP contribution in [0.3, 0.4) is 0 Å². The highest BCUT2D eigenvalue weighted by molar-refractivity contribution is 14.1. The minimum Gasteiger partial charge on any atom is -0.468 e. The summed E-state index contributed by atoms with van der Waals surface area (Å²) in [5.41, 5.74) is 0. The van der Waals surface area contributed by atoms with Gasteiger partial charge in [-0.05, 0) is 19.1 Å². The lowest BCUT2D eigenvalue weighted by atomic mass is 10.2. The monoisotopic (exact) mass is 368 g/mol. The van der Waals surface area contributed by atoms with Crippen molar-refractivity contribution in [3.8, 4) is 0 Å². The van der Waals surface area contributed by atoms with Gasteiger partial charge >= 0.3 is 5.97 Å². The van der Waals surface area contributed by atoms with Gasteiger partial charge in [0.2, 0.25) is 0 Å². The van der Waals surface area contributed by atoms with E-state index in [0.29, 0.717) is 0 Å². The largest absolute Gasteiger partial charge is 0.468 e. The molecule has 17 heavy (non-hydrogen) atoms. The van der Waals surface area contributed by atoms with Gasteiger partial charge in [0.1, 0.15) is 3.42 Å². The second-order valence-electron chi connectivity index (χ2n) is 3.76. The summed E-state index contributed by atoms with van der Waals surface area (Å²) in [6.07, 6.45) is 0. The number of methoxy groups -OCH3 is 1. The molecule has 0 amide bonds. The Kier molecular flexibility index (Phi) is 4.54. The fraction of sp³-hybridized carbons (Fsp3) is 0.364. The third-order valence-electron chi connectivity index (χ3n) is 2.17. The summed E-state index contributed by atoms with van der Waals surface area (Å²) >= 11 is 1.80. The molecule has 94 valence electrons. The highest BCUT2D eigenvalue weighted by Gasteiger charge is 2.37. The lowest BCUT2D eigenvalue weighted by Crippen LogP contribution is -2.37. The number of hydrogen-bond acceptors (Lipinski definition) is 4. The number of alkyl halides is 1. The molecule has 0 saturated heterocycles. The Morgan fingerprint density at radius 1 is 1.35 bits per heavy atom. The quantitative estimate of drug-likeness (QED) is 0.462. The number of hydrogen-bond donors (Lipinski definition) is 0. The number of carbonyl (C=O) groups is 1. The van der Waals surface area contributed by atoms with Gasteiger partial charge in [-0.1, -0.05) is 40.8 Å². The summed E-state index contributed by atoms with van der Waals surface area (Å²) in [6, 6.07) is 8.06. The maximum absolute atomic E-state index is 12.1. The van der Waals surface area contributed by atoms with Gasteiger partial charge in [-0.15, -0.1) is 0 Å². The van der Waals surface area contributed by atoms with E-state index in [1.165, 1.54) is 19.2 Å². The van der Waals surface area contributed by atoms with E-state index >= 15 is 0 Å². The highest BCUT2D eigenvalue weighted by Crippen LogP contribution is 2.25. The molecule has 0 aliphatic heterocycles. The SMILES string of the molecule is COC(=O)C(C)(I)CS(=O)(=O)c1ccccc1. The lowest BCUT2D eigenvalue weighted by Gasteiger charge is -2.19. The zero-order valence-electron chi connectivity index (χ0n) is 9.51. The van der Waals surface area contributed by atoms with E-state index in [4.69, 9.17) is 0 Å².